The lowest BCUT2D eigenvalue weighted by atomic mass is 9.98. The standard InChI is InChI=1S/C35H35F2N11O2/c36-22-8-9-26(28(37)15-22)34-44-18-31-35(43-11-13-46(31)34)47-20-24-16-30(47)33(39)45-48(40)12-3-10-42-32(49)19-41-17-27-25(6-2-7-29(27)38)21-4-1-5-23(14-21)50-24/h1-2,4-9,11,13-15,17-18,24,30H,3,10,12,16,19-20,38,40H2,(H2,39,45)(H,42,49). The molecule has 1 amide bonds. The van der Waals surface area contributed by atoms with Gasteiger partial charge >= 0.3 is 0 Å². The van der Waals surface area contributed by atoms with Crippen molar-refractivity contribution in [1.82, 2.24) is 24.8 Å². The molecule has 7 rings (SSSR count). The summed E-state index contributed by atoms with van der Waals surface area (Å²) in [7, 11) is 0. The number of nitrogens with zero attached hydrogens (tertiary/aromatic N) is 7. The molecule has 3 aromatic carbocycles. The molecule has 5 aromatic rings. The molecule has 2 aliphatic rings. The van der Waals surface area contributed by atoms with Crippen LogP contribution in [0.15, 0.2) is 89.3 Å². The zero-order valence-corrected chi connectivity index (χ0v) is 26.9. The highest BCUT2D eigenvalue weighted by Crippen LogP contribution is 2.34. The summed E-state index contributed by atoms with van der Waals surface area (Å²) in [5, 5.41) is 8.57. The SMILES string of the molecule is N/C1=N\N(N)CCCNC(=O)CN=Cc2c(N)cccc2-c2cccc(c2)OC2CC1N(c1nccn3c(-c4ccc(F)cc4F)ncc13)C2. The number of hydrazone groups is 1. The molecule has 4 bridgehead atoms. The van der Waals surface area contributed by atoms with Gasteiger partial charge in [-0.15, -0.1) is 5.10 Å². The van der Waals surface area contributed by atoms with Gasteiger partial charge in [-0.3, -0.25) is 14.2 Å². The van der Waals surface area contributed by atoms with E-state index in [1.165, 1.54) is 17.3 Å². The van der Waals surface area contributed by atoms with Crippen LogP contribution >= 0.6 is 0 Å². The summed E-state index contributed by atoms with van der Waals surface area (Å²) in [5.41, 5.74) is 16.6. The number of nitrogens with one attached hydrogen (secondary N) is 1. The number of anilines is 2. The highest BCUT2D eigenvalue weighted by molar-refractivity contribution is 5.97. The molecule has 1 fully saturated rings. The largest absolute Gasteiger partial charge is 0.488 e. The molecule has 13 nitrogen and oxygen atoms in total. The third-order valence-corrected chi connectivity index (χ3v) is 8.66. The molecule has 0 spiro atoms. The summed E-state index contributed by atoms with van der Waals surface area (Å²) < 4.78 is 36.8. The highest BCUT2D eigenvalue weighted by atomic mass is 19.1. The van der Waals surface area contributed by atoms with Crippen LogP contribution in [-0.2, 0) is 4.79 Å². The first kappa shape index (κ1) is 32.5. The number of carbonyl (C=O) groups excluding carboxylic acids is 1. The number of benzene rings is 3. The van der Waals surface area contributed by atoms with E-state index in [2.05, 4.69) is 25.4 Å². The number of nitrogen functional groups attached to an aromatic ring is 1. The van der Waals surface area contributed by atoms with Crippen molar-refractivity contribution >= 4 is 35.0 Å². The topological polar surface area (TPSA) is 178 Å². The Labute approximate surface area is 286 Å². The fraction of sp³-hybridized carbons (Fsp3) is 0.229. The molecule has 0 saturated carbocycles. The number of amidine groups is 1. The Balaban J connectivity index is 1.27. The number of aliphatic imine (C=N–C) groups is 1. The summed E-state index contributed by atoms with van der Waals surface area (Å²) in [6.45, 7) is 0.983. The van der Waals surface area contributed by atoms with E-state index in [0.717, 1.165) is 17.2 Å². The minimum Gasteiger partial charge on any atom is -0.488 e. The van der Waals surface area contributed by atoms with Gasteiger partial charge in [-0.05, 0) is 47.9 Å². The Kier molecular flexibility index (Phi) is 8.96. The number of ether oxygens (including phenoxy) is 1. The molecular formula is C35H35F2N11O2. The quantitative estimate of drug-likeness (QED) is 0.161. The normalized spacial score (nSPS) is 19.7. The average Bonchev–Trinajstić information content (AvgIpc) is 3.72. The second kappa shape index (κ2) is 13.8. The number of rotatable bonds is 2. The summed E-state index contributed by atoms with van der Waals surface area (Å²) in [5.74, 6) is 6.23. The van der Waals surface area contributed by atoms with Gasteiger partial charge in [0, 0.05) is 48.9 Å². The number of amides is 1. The smallest absolute Gasteiger partial charge is 0.241 e. The predicted molar refractivity (Wildman–Crippen MR) is 187 cm³/mol. The van der Waals surface area contributed by atoms with Gasteiger partial charge in [0.2, 0.25) is 5.91 Å². The van der Waals surface area contributed by atoms with Crippen molar-refractivity contribution in [3.05, 3.63) is 96.5 Å². The molecule has 0 radical (unpaired) electrons. The zero-order chi connectivity index (χ0) is 34.8. The zero-order valence-electron chi connectivity index (χ0n) is 26.9. The Morgan fingerprint density at radius 1 is 1.00 bits per heavy atom. The number of halogens is 2. The number of hydrazine groups is 1. The molecule has 2 unspecified atom stereocenters. The van der Waals surface area contributed by atoms with Gasteiger partial charge in [0.1, 0.15) is 47.2 Å². The molecule has 7 N–H and O–H groups in total. The van der Waals surface area contributed by atoms with E-state index in [1.54, 1.807) is 35.3 Å². The van der Waals surface area contributed by atoms with Gasteiger partial charge in [0.15, 0.2) is 5.82 Å². The number of hydrogen-bond acceptors (Lipinski definition) is 11. The Hall–Kier alpha value is -6.09. The molecule has 2 atom stereocenters. The minimum atomic E-state index is -0.733. The molecule has 50 heavy (non-hydrogen) atoms. The fourth-order valence-corrected chi connectivity index (χ4v) is 6.32. The molecule has 0 aliphatic carbocycles. The third-order valence-electron chi connectivity index (χ3n) is 8.66. The van der Waals surface area contributed by atoms with Crippen molar-refractivity contribution in [2.75, 3.05) is 36.8 Å². The Morgan fingerprint density at radius 2 is 1.86 bits per heavy atom. The van der Waals surface area contributed by atoms with Crippen LogP contribution in [0.1, 0.15) is 18.4 Å². The van der Waals surface area contributed by atoms with Crippen molar-refractivity contribution in [3.63, 3.8) is 0 Å². The highest BCUT2D eigenvalue weighted by Gasteiger charge is 2.38. The van der Waals surface area contributed by atoms with Crippen molar-refractivity contribution in [2.45, 2.75) is 25.0 Å². The minimum absolute atomic E-state index is 0.0636. The summed E-state index contributed by atoms with van der Waals surface area (Å²) in [6, 6.07) is 16.1. The van der Waals surface area contributed by atoms with Crippen molar-refractivity contribution in [3.8, 4) is 28.3 Å². The number of carbonyl (C=O) groups is 1. The molecule has 2 aliphatic heterocycles. The van der Waals surface area contributed by atoms with E-state index < -0.39 is 17.7 Å². The molecule has 256 valence electrons. The van der Waals surface area contributed by atoms with Crippen LogP contribution < -0.4 is 32.3 Å². The molecule has 2 aromatic heterocycles. The first-order valence-electron chi connectivity index (χ1n) is 16.1. The van der Waals surface area contributed by atoms with Gasteiger partial charge in [-0.1, -0.05) is 24.3 Å². The van der Waals surface area contributed by atoms with Gasteiger partial charge < -0.3 is 26.4 Å². The maximum absolute atomic E-state index is 14.8. The predicted octanol–water partition coefficient (Wildman–Crippen LogP) is 3.34. The number of hydrogen-bond donors (Lipinski definition) is 4. The summed E-state index contributed by atoms with van der Waals surface area (Å²) in [6.07, 6.45) is 7.05. The van der Waals surface area contributed by atoms with Gasteiger partial charge in [-0.2, -0.15) is 0 Å². The molecule has 1 saturated heterocycles. The van der Waals surface area contributed by atoms with E-state index in [1.807, 2.05) is 41.3 Å². The van der Waals surface area contributed by atoms with Crippen molar-refractivity contribution in [1.29, 1.82) is 0 Å². The molecule has 15 heteroatoms. The van der Waals surface area contributed by atoms with Crippen LogP contribution in [0.2, 0.25) is 0 Å². The van der Waals surface area contributed by atoms with Crippen LogP contribution in [0.3, 0.4) is 0 Å². The van der Waals surface area contributed by atoms with Gasteiger partial charge in [0.25, 0.3) is 0 Å². The second-order valence-electron chi connectivity index (χ2n) is 12.1. The molecular weight excluding hydrogens is 644 g/mol. The van der Waals surface area contributed by atoms with E-state index in [9.17, 15) is 13.6 Å². The van der Waals surface area contributed by atoms with Crippen LogP contribution in [0.25, 0.3) is 28.0 Å². The second-order valence-corrected chi connectivity index (χ2v) is 12.1. The number of nitrogens with two attached hydrogens (primary N) is 3. The van der Waals surface area contributed by atoms with Crippen molar-refractivity contribution < 1.29 is 18.3 Å². The van der Waals surface area contributed by atoms with Crippen molar-refractivity contribution in [2.24, 2.45) is 21.7 Å². The van der Waals surface area contributed by atoms with Gasteiger partial charge in [-0.25, -0.2) is 29.7 Å². The summed E-state index contributed by atoms with van der Waals surface area (Å²) >= 11 is 0. The third kappa shape index (κ3) is 6.62. The number of fused-ring (bicyclic) bond motifs is 7. The lowest BCUT2D eigenvalue weighted by Crippen LogP contribution is -2.43. The summed E-state index contributed by atoms with van der Waals surface area (Å²) in [4.78, 5) is 28.0. The van der Waals surface area contributed by atoms with Crippen LogP contribution in [0.5, 0.6) is 5.75 Å². The maximum Gasteiger partial charge on any atom is 0.241 e. The Bertz CT molecular complexity index is 2120. The lowest BCUT2D eigenvalue weighted by Gasteiger charge is -2.26. The first-order valence-corrected chi connectivity index (χ1v) is 16.1. The lowest BCUT2D eigenvalue weighted by molar-refractivity contribution is -0.119. The van der Waals surface area contributed by atoms with E-state index >= 15 is 0 Å². The first-order chi connectivity index (χ1) is 24.2. The van der Waals surface area contributed by atoms with Crippen LogP contribution in [0, 0.1) is 11.6 Å². The molecule has 4 heterocycles. The van der Waals surface area contributed by atoms with Crippen LogP contribution in [0.4, 0.5) is 20.3 Å². The number of imidazole rings is 1. The monoisotopic (exact) mass is 679 g/mol. The fourth-order valence-electron chi connectivity index (χ4n) is 6.32. The number of aromatic nitrogens is 3. The van der Waals surface area contributed by atoms with E-state index in [0.29, 0.717) is 66.6 Å². The average molecular weight is 680 g/mol. The van der Waals surface area contributed by atoms with E-state index in [-0.39, 0.29) is 30.0 Å². The van der Waals surface area contributed by atoms with Crippen LogP contribution in [-0.4, -0.2) is 75.8 Å². The maximum atomic E-state index is 14.8. The van der Waals surface area contributed by atoms with E-state index in [4.69, 9.17) is 22.0 Å². The van der Waals surface area contributed by atoms with Gasteiger partial charge in [0.05, 0.1) is 30.9 Å². The Morgan fingerprint density at radius 3 is 2.72 bits per heavy atom.